The Hall–Kier alpha value is 0.100. The third-order valence-corrected chi connectivity index (χ3v) is 7.67. The summed E-state index contributed by atoms with van der Waals surface area (Å²) < 4.78 is 12.9. The third-order valence-electron chi connectivity index (χ3n) is 5.05. The fraction of sp³-hybridized carbons (Fsp3) is 1.00. The number of rotatable bonds is 1. The van der Waals surface area contributed by atoms with Gasteiger partial charge in [0.2, 0.25) is 0 Å². The zero-order chi connectivity index (χ0) is 11.6. The molecule has 0 amide bonds. The molecule has 0 aromatic heterocycles. The molecule has 0 aromatic carbocycles. The fourth-order valence-electron chi connectivity index (χ4n) is 5.03. The van der Waals surface area contributed by atoms with Crippen LogP contribution >= 0.6 is 7.80 Å². The second kappa shape index (κ2) is 3.31. The second-order valence-electron chi connectivity index (χ2n) is 7.61. The predicted molar refractivity (Wildman–Crippen MR) is 68.3 cm³/mol. The Balaban J connectivity index is 1.91. The van der Waals surface area contributed by atoms with Gasteiger partial charge in [-0.25, -0.2) is 0 Å². The summed E-state index contributed by atoms with van der Waals surface area (Å²) in [4.78, 5) is 0. The molecule has 0 aromatic rings. The molecule has 16 heavy (non-hydrogen) atoms. The van der Waals surface area contributed by atoms with Gasteiger partial charge in [0.25, 0.3) is 0 Å². The van der Waals surface area contributed by atoms with Gasteiger partial charge in [-0.15, -0.1) is 0 Å². The maximum Gasteiger partial charge on any atom is 0.350 e. The molecule has 1 unspecified atom stereocenters. The minimum atomic E-state index is -1.05. The quantitative estimate of drug-likeness (QED) is 0.612. The lowest BCUT2D eigenvalue weighted by atomic mass is 9.56. The first kappa shape index (κ1) is 11.2. The largest absolute Gasteiger partial charge is 0.350 e. The van der Waals surface area contributed by atoms with Crippen molar-refractivity contribution in [3.05, 3.63) is 0 Å². The first-order chi connectivity index (χ1) is 7.39. The van der Waals surface area contributed by atoms with Crippen molar-refractivity contribution in [3.8, 4) is 0 Å². The Morgan fingerprint density at radius 3 is 1.62 bits per heavy atom. The zero-order valence-corrected chi connectivity index (χ0v) is 11.7. The van der Waals surface area contributed by atoms with Crippen molar-refractivity contribution < 1.29 is 4.57 Å². The molecule has 0 radical (unpaired) electrons. The molecule has 0 N–H and O–H groups in total. The van der Waals surface area contributed by atoms with Gasteiger partial charge in [0.1, 0.15) is 0 Å². The fourth-order valence-corrected chi connectivity index (χ4v) is 7.72. The van der Waals surface area contributed by atoms with Crippen LogP contribution in [0.3, 0.4) is 0 Å². The van der Waals surface area contributed by atoms with E-state index in [1.807, 2.05) is 0 Å². The average Bonchev–Trinajstić information content (AvgIpc) is 2.12. The minimum Gasteiger partial charge on any atom is -0.0736 e. The summed E-state index contributed by atoms with van der Waals surface area (Å²) in [6.45, 7) is 6.51. The van der Waals surface area contributed by atoms with E-state index in [0.29, 0.717) is 0 Å². The third kappa shape index (κ3) is 1.58. The lowest BCUT2D eigenvalue weighted by Gasteiger charge is -2.52. The normalized spacial score (nSPS) is 47.2. The maximum absolute atomic E-state index is 12.9. The van der Waals surface area contributed by atoms with Gasteiger partial charge in [-0.2, -0.15) is 0 Å². The first-order valence-electron chi connectivity index (χ1n) is 6.86. The van der Waals surface area contributed by atoms with Crippen molar-refractivity contribution in [2.24, 2.45) is 17.8 Å². The summed E-state index contributed by atoms with van der Waals surface area (Å²) in [5.74, 6) is 2.77. The van der Waals surface area contributed by atoms with Crippen LogP contribution in [0.4, 0.5) is 0 Å². The van der Waals surface area contributed by atoms with E-state index in [2.05, 4.69) is 20.8 Å². The van der Waals surface area contributed by atoms with Crippen molar-refractivity contribution in [3.63, 3.8) is 0 Å². The van der Waals surface area contributed by atoms with E-state index < -0.39 is 7.80 Å². The van der Waals surface area contributed by atoms with E-state index in [-0.39, 0.29) is 10.3 Å². The summed E-state index contributed by atoms with van der Waals surface area (Å²) in [6, 6.07) is 0. The molecule has 4 aliphatic rings. The highest BCUT2D eigenvalue weighted by molar-refractivity contribution is 7.48. The summed E-state index contributed by atoms with van der Waals surface area (Å²) in [5.41, 5.74) is 0. The summed E-state index contributed by atoms with van der Waals surface area (Å²) in [6.07, 6.45) is 8.20. The average molecular weight is 239 g/mol. The van der Waals surface area contributed by atoms with Crippen molar-refractivity contribution in [1.82, 2.24) is 0 Å². The molecule has 0 aliphatic heterocycles. The lowest BCUT2D eigenvalue weighted by Crippen LogP contribution is -2.49. The Morgan fingerprint density at radius 2 is 1.31 bits per heavy atom. The van der Waals surface area contributed by atoms with Crippen LogP contribution in [0.2, 0.25) is 0 Å². The van der Waals surface area contributed by atoms with Crippen molar-refractivity contribution >= 4 is 7.80 Å². The standard InChI is InChI=1S/C14H24OP/c1-13(2,3)16(15)14-7-10-4-11(8-14)6-12(5-10)9-14/h10-12H,4-9H2,1-3H3/q+1. The van der Waals surface area contributed by atoms with Crippen LogP contribution < -0.4 is 0 Å². The monoisotopic (exact) mass is 239 g/mol. The van der Waals surface area contributed by atoms with E-state index in [1.54, 1.807) is 0 Å². The van der Waals surface area contributed by atoms with E-state index in [0.717, 1.165) is 17.8 Å². The molecule has 0 saturated heterocycles. The molecule has 0 spiro atoms. The Kier molecular flexibility index (Phi) is 2.32. The first-order valence-corrected chi connectivity index (χ1v) is 8.12. The Morgan fingerprint density at radius 1 is 0.938 bits per heavy atom. The molecule has 0 heterocycles. The summed E-state index contributed by atoms with van der Waals surface area (Å²) >= 11 is 0. The Bertz CT molecular complexity index is 291. The predicted octanol–water partition coefficient (Wildman–Crippen LogP) is 4.58. The van der Waals surface area contributed by atoms with E-state index in [9.17, 15) is 4.57 Å². The van der Waals surface area contributed by atoms with E-state index in [1.165, 1.54) is 38.5 Å². The van der Waals surface area contributed by atoms with Crippen LogP contribution in [-0.2, 0) is 4.57 Å². The van der Waals surface area contributed by atoms with Gasteiger partial charge in [0, 0.05) is 0 Å². The van der Waals surface area contributed by atoms with Crippen LogP contribution in [0.5, 0.6) is 0 Å². The van der Waals surface area contributed by atoms with Gasteiger partial charge in [-0.1, -0.05) is 4.57 Å². The number of hydrogen-bond donors (Lipinski definition) is 0. The molecule has 4 rings (SSSR count). The minimum absolute atomic E-state index is 0.0149. The van der Waals surface area contributed by atoms with Crippen molar-refractivity contribution in [2.45, 2.75) is 69.6 Å². The number of hydrogen-bond acceptors (Lipinski definition) is 1. The zero-order valence-electron chi connectivity index (χ0n) is 10.8. The maximum atomic E-state index is 12.9. The summed E-state index contributed by atoms with van der Waals surface area (Å²) in [7, 11) is -1.05. The van der Waals surface area contributed by atoms with E-state index in [4.69, 9.17) is 0 Å². The van der Waals surface area contributed by atoms with Gasteiger partial charge in [0.05, 0.1) is 0 Å². The van der Waals surface area contributed by atoms with Gasteiger partial charge in [-0.05, 0) is 77.0 Å². The molecule has 1 nitrogen and oxygen atoms in total. The van der Waals surface area contributed by atoms with Gasteiger partial charge >= 0.3 is 7.80 Å². The van der Waals surface area contributed by atoms with Gasteiger partial charge in [-0.3, -0.25) is 0 Å². The van der Waals surface area contributed by atoms with Crippen LogP contribution in [0.25, 0.3) is 0 Å². The molecule has 4 bridgehead atoms. The molecule has 4 saturated carbocycles. The molecule has 4 fully saturated rings. The topological polar surface area (TPSA) is 17.1 Å². The van der Waals surface area contributed by atoms with Crippen LogP contribution in [0, 0.1) is 17.8 Å². The Labute approximate surface area is 100 Å². The molecule has 4 aliphatic carbocycles. The highest BCUT2D eigenvalue weighted by Crippen LogP contribution is 2.67. The van der Waals surface area contributed by atoms with Crippen molar-refractivity contribution in [1.29, 1.82) is 0 Å². The molecule has 2 heteroatoms. The SMILES string of the molecule is CC(C)(C)[P+](=O)C12CC3CC(CC(C3)C1)C2. The summed E-state index contributed by atoms with van der Waals surface area (Å²) in [5, 5.41) is 0.267. The lowest BCUT2D eigenvalue weighted by molar-refractivity contribution is 0.0336. The van der Waals surface area contributed by atoms with Crippen LogP contribution in [0.1, 0.15) is 59.3 Å². The van der Waals surface area contributed by atoms with Crippen LogP contribution in [-0.4, -0.2) is 10.3 Å². The van der Waals surface area contributed by atoms with E-state index >= 15 is 0 Å². The highest BCUT2D eigenvalue weighted by Gasteiger charge is 2.63. The molecule has 90 valence electrons. The molecular weight excluding hydrogens is 215 g/mol. The van der Waals surface area contributed by atoms with Gasteiger partial charge < -0.3 is 0 Å². The highest BCUT2D eigenvalue weighted by atomic mass is 31.1. The van der Waals surface area contributed by atoms with Crippen molar-refractivity contribution in [2.75, 3.05) is 0 Å². The smallest absolute Gasteiger partial charge is 0.0736 e. The second-order valence-corrected chi connectivity index (χ2v) is 10.5. The van der Waals surface area contributed by atoms with Crippen LogP contribution in [0.15, 0.2) is 0 Å². The molecular formula is C14H24OP+. The molecule has 1 atom stereocenters. The van der Waals surface area contributed by atoms with Gasteiger partial charge in [0.15, 0.2) is 10.3 Å².